The maximum Gasteiger partial charge on any atom is 0.323 e. The van der Waals surface area contributed by atoms with Crippen molar-refractivity contribution < 1.29 is 33.7 Å². The van der Waals surface area contributed by atoms with Gasteiger partial charge in [0.15, 0.2) is 11.9 Å². The second-order valence-electron chi connectivity index (χ2n) is 11.4. The Hall–Kier alpha value is -4.38. The Balaban J connectivity index is 1.90. The van der Waals surface area contributed by atoms with Crippen LogP contribution in [0.15, 0.2) is 47.5 Å². The number of nitrogens with two attached hydrogens (primary N) is 1. The van der Waals surface area contributed by atoms with E-state index in [-0.39, 0.29) is 47.3 Å². The molecule has 13 heteroatoms. The molecule has 0 radical (unpaired) electrons. The number of ether oxygens (including phenoxy) is 3. The second kappa shape index (κ2) is 14.9. The number of aromatic nitrogens is 1. The fourth-order valence-electron chi connectivity index (χ4n) is 4.45. The van der Waals surface area contributed by atoms with Crippen LogP contribution in [-0.4, -0.2) is 71.1 Å². The Morgan fingerprint density at radius 2 is 1.86 bits per heavy atom. The van der Waals surface area contributed by atoms with Crippen LogP contribution >= 0.6 is 0 Å². The summed E-state index contributed by atoms with van der Waals surface area (Å²) in [4.78, 5) is 45.0. The number of esters is 2. The van der Waals surface area contributed by atoms with Crippen LogP contribution in [0, 0.1) is 34.5 Å². The Morgan fingerprint density at radius 3 is 2.45 bits per heavy atom. The molecule has 6 atom stereocenters. The Labute approximate surface area is 256 Å². The van der Waals surface area contributed by atoms with E-state index in [1.165, 1.54) is 12.1 Å². The van der Waals surface area contributed by atoms with Gasteiger partial charge in [0.1, 0.15) is 37.3 Å². The number of benzene rings is 1. The topological polar surface area (TPSA) is 213 Å². The van der Waals surface area contributed by atoms with Crippen LogP contribution < -0.4 is 11.1 Å². The number of H-pyrrole nitrogens is 1. The molecule has 0 spiro atoms. The van der Waals surface area contributed by atoms with E-state index in [4.69, 9.17) is 25.4 Å². The lowest BCUT2D eigenvalue weighted by Gasteiger charge is -2.25. The van der Waals surface area contributed by atoms with E-state index in [1.54, 1.807) is 45.0 Å². The minimum Gasteiger partial charge on any atom is -0.463 e. The zero-order valence-electron chi connectivity index (χ0n) is 25.4. The third-order valence-corrected chi connectivity index (χ3v) is 7.63. The van der Waals surface area contributed by atoms with Crippen molar-refractivity contribution in [3.63, 3.8) is 0 Å². The van der Waals surface area contributed by atoms with E-state index in [1.807, 2.05) is 26.0 Å². The number of aromatic amines is 1. The molecule has 13 nitrogen and oxygen atoms in total. The highest BCUT2D eigenvalue weighted by Gasteiger charge is 2.59. The van der Waals surface area contributed by atoms with Crippen LogP contribution in [-0.2, 0) is 40.6 Å². The van der Waals surface area contributed by atoms with Gasteiger partial charge in [0.2, 0.25) is 11.5 Å². The van der Waals surface area contributed by atoms with Crippen molar-refractivity contribution in [1.29, 1.82) is 10.7 Å². The third kappa shape index (κ3) is 7.76. The van der Waals surface area contributed by atoms with Gasteiger partial charge in [-0.1, -0.05) is 65.0 Å². The van der Waals surface area contributed by atoms with Crippen molar-refractivity contribution >= 4 is 30.0 Å². The first-order chi connectivity index (χ1) is 20.8. The van der Waals surface area contributed by atoms with Gasteiger partial charge in [-0.2, -0.15) is 5.26 Å². The minimum atomic E-state index is -2.10. The van der Waals surface area contributed by atoms with Crippen molar-refractivity contribution in [1.82, 2.24) is 10.3 Å². The van der Waals surface area contributed by atoms with Gasteiger partial charge in [-0.3, -0.25) is 19.8 Å². The maximum atomic E-state index is 12.8. The molecule has 236 valence electrons. The van der Waals surface area contributed by atoms with E-state index in [0.29, 0.717) is 0 Å². The standard InChI is InChI=1S/C31H40N6O7/c1-17(2)19(5)29(40)37-28(35-16-33)21-11-12-23(36-21)31(15-32)27(39)26(43-30(41)25(34)18(3)4)22(44-31)14-42-24(38)13-20-9-7-6-8-10-20/h6-12,16-19,22,25-27,36,39H,13-14,34H2,1-5H3,(H2,33,35,37,40)/t19-,22-,25+,26-,27-,31+/m1/s1. The number of nitrogens with one attached hydrogen (secondary N) is 3. The molecule has 2 aromatic rings. The van der Waals surface area contributed by atoms with Crippen LogP contribution in [0.5, 0.6) is 0 Å². The van der Waals surface area contributed by atoms with Crippen LogP contribution in [0.4, 0.5) is 0 Å². The van der Waals surface area contributed by atoms with Gasteiger partial charge < -0.3 is 35.4 Å². The van der Waals surface area contributed by atoms with Crippen LogP contribution in [0.1, 0.15) is 51.6 Å². The summed E-state index contributed by atoms with van der Waals surface area (Å²) in [6.45, 7) is 8.57. The number of amidine groups is 1. The van der Waals surface area contributed by atoms with Gasteiger partial charge in [-0.15, -0.1) is 0 Å². The highest BCUT2D eigenvalue weighted by molar-refractivity contribution is 6.09. The average molecular weight is 609 g/mol. The van der Waals surface area contributed by atoms with E-state index in [0.717, 1.165) is 11.9 Å². The van der Waals surface area contributed by atoms with Crippen LogP contribution in [0.25, 0.3) is 0 Å². The SMILES string of the molecule is CC(C)[C@H](N)C(=O)O[C@H]1[C@@H](O)[C@](C#N)(c2ccc(C(=NC=N)NC(=O)[C@H](C)C(C)C)[nH]2)O[C@@H]1COC(=O)Cc1ccccc1. The lowest BCUT2D eigenvalue weighted by atomic mass is 9.92. The molecule has 1 aliphatic rings. The molecule has 0 unspecified atom stereocenters. The number of amides is 1. The molecular weight excluding hydrogens is 568 g/mol. The molecule has 1 aromatic heterocycles. The lowest BCUT2D eigenvalue weighted by Crippen LogP contribution is -2.46. The van der Waals surface area contributed by atoms with Crippen LogP contribution in [0.2, 0.25) is 0 Å². The maximum absolute atomic E-state index is 12.8. The molecule has 44 heavy (non-hydrogen) atoms. The van der Waals surface area contributed by atoms with E-state index in [2.05, 4.69) is 15.3 Å². The molecule has 0 aliphatic carbocycles. The summed E-state index contributed by atoms with van der Waals surface area (Å²) in [5, 5.41) is 31.9. The molecule has 1 amide bonds. The smallest absolute Gasteiger partial charge is 0.323 e. The largest absolute Gasteiger partial charge is 0.463 e. The third-order valence-electron chi connectivity index (χ3n) is 7.63. The zero-order valence-corrected chi connectivity index (χ0v) is 25.4. The van der Waals surface area contributed by atoms with E-state index >= 15 is 0 Å². The minimum absolute atomic E-state index is 0.0154. The van der Waals surface area contributed by atoms with E-state index < -0.39 is 48.5 Å². The first-order valence-electron chi connectivity index (χ1n) is 14.3. The number of hydrogen-bond donors (Lipinski definition) is 5. The first kappa shape index (κ1) is 34.1. The van der Waals surface area contributed by atoms with Gasteiger partial charge in [-0.25, -0.2) is 4.99 Å². The molecule has 1 aromatic carbocycles. The highest BCUT2D eigenvalue weighted by Crippen LogP contribution is 2.41. The summed E-state index contributed by atoms with van der Waals surface area (Å²) >= 11 is 0. The molecular formula is C31H40N6O7. The Morgan fingerprint density at radius 1 is 1.18 bits per heavy atom. The number of rotatable bonds is 12. The van der Waals surface area contributed by atoms with Gasteiger partial charge in [-0.05, 0) is 29.5 Å². The number of carbonyl (C=O) groups is 3. The average Bonchev–Trinajstić information content (AvgIpc) is 3.59. The summed E-state index contributed by atoms with van der Waals surface area (Å²) in [6.07, 6.45) is -3.67. The highest BCUT2D eigenvalue weighted by atomic mass is 16.6. The number of nitriles is 1. The molecule has 0 saturated carbocycles. The Kier molecular flexibility index (Phi) is 11.5. The monoisotopic (exact) mass is 608 g/mol. The van der Waals surface area contributed by atoms with Gasteiger partial charge in [0.25, 0.3) is 0 Å². The van der Waals surface area contributed by atoms with Crippen molar-refractivity contribution in [2.24, 2.45) is 28.5 Å². The summed E-state index contributed by atoms with van der Waals surface area (Å²) in [5.74, 6) is -2.32. The Bertz CT molecular complexity index is 1400. The number of carbonyl (C=O) groups excluding carboxylic acids is 3. The predicted octanol–water partition coefficient (Wildman–Crippen LogP) is 1.94. The summed E-state index contributed by atoms with van der Waals surface area (Å²) in [7, 11) is 0. The number of hydrogen-bond acceptors (Lipinski definition) is 10. The number of nitrogens with zero attached hydrogens (tertiary/aromatic N) is 2. The zero-order chi connectivity index (χ0) is 32.6. The fourth-order valence-corrected chi connectivity index (χ4v) is 4.45. The van der Waals surface area contributed by atoms with Crippen molar-refractivity contribution in [3.8, 4) is 6.07 Å². The molecule has 0 bridgehead atoms. The quantitative estimate of drug-likeness (QED) is 0.135. The fraction of sp³-hybridized carbons (Fsp3) is 0.484. The lowest BCUT2D eigenvalue weighted by molar-refractivity contribution is -0.162. The molecule has 3 rings (SSSR count). The summed E-state index contributed by atoms with van der Waals surface area (Å²) in [6, 6.07) is 12.8. The first-order valence-corrected chi connectivity index (χ1v) is 14.3. The van der Waals surface area contributed by atoms with Crippen molar-refractivity contribution in [2.45, 2.75) is 71.0 Å². The summed E-state index contributed by atoms with van der Waals surface area (Å²) in [5.41, 5.74) is 4.87. The number of aliphatic hydroxyl groups is 1. The van der Waals surface area contributed by atoms with Crippen molar-refractivity contribution in [2.75, 3.05) is 6.61 Å². The molecule has 1 saturated heterocycles. The van der Waals surface area contributed by atoms with E-state index in [9.17, 15) is 24.8 Å². The predicted molar refractivity (Wildman–Crippen MR) is 160 cm³/mol. The summed E-state index contributed by atoms with van der Waals surface area (Å²) < 4.78 is 17.0. The number of aliphatic hydroxyl groups excluding tert-OH is 1. The second-order valence-corrected chi connectivity index (χ2v) is 11.4. The van der Waals surface area contributed by atoms with Gasteiger partial charge in [0.05, 0.1) is 17.8 Å². The normalized spacial score (nSPS) is 23.1. The van der Waals surface area contributed by atoms with Crippen LogP contribution in [0.3, 0.4) is 0 Å². The van der Waals surface area contributed by atoms with Crippen molar-refractivity contribution in [3.05, 3.63) is 59.4 Å². The molecule has 1 aliphatic heterocycles. The molecule has 1 fully saturated rings. The van der Waals surface area contributed by atoms with Gasteiger partial charge in [0, 0.05) is 5.92 Å². The molecule has 2 heterocycles. The van der Waals surface area contributed by atoms with Gasteiger partial charge >= 0.3 is 11.9 Å². The molecule has 6 N–H and O–H groups in total. The number of aliphatic imine (C=N–C) groups is 1.